The number of fused-ring (bicyclic) bond motifs is 3. The molecule has 2 unspecified atom stereocenters. The first-order valence-electron chi connectivity index (χ1n) is 14.2. The number of amides is 2. The first kappa shape index (κ1) is 31.6. The number of aromatic hydroxyl groups is 1. The third-order valence-electron chi connectivity index (χ3n) is 9.44. The van der Waals surface area contributed by atoms with Gasteiger partial charge in [0, 0.05) is 44.6 Å². The summed E-state index contributed by atoms with van der Waals surface area (Å²) in [5, 5.41) is 28.1. The fourth-order valence-corrected chi connectivity index (χ4v) is 7.38. The van der Waals surface area contributed by atoms with Crippen LogP contribution in [0, 0.1) is 23.7 Å². The summed E-state index contributed by atoms with van der Waals surface area (Å²) < 4.78 is 26.3. The molecule has 6 atom stereocenters. The van der Waals surface area contributed by atoms with Gasteiger partial charge in [-0.2, -0.15) is 0 Å². The number of ketones is 4. The van der Waals surface area contributed by atoms with Gasteiger partial charge in [0.1, 0.15) is 5.75 Å². The van der Waals surface area contributed by atoms with E-state index >= 15 is 0 Å². The highest BCUT2D eigenvalue weighted by molar-refractivity contribution is 6.32. The summed E-state index contributed by atoms with van der Waals surface area (Å²) in [6.07, 6.45) is -0.848. The number of nitrogens with one attached hydrogen (secondary N) is 2. The molecule has 3 saturated carbocycles. The molecule has 0 spiro atoms. The minimum atomic E-state index is -2.85. The summed E-state index contributed by atoms with van der Waals surface area (Å²) in [4.78, 5) is 82.6. The van der Waals surface area contributed by atoms with Gasteiger partial charge in [-0.3, -0.25) is 33.7 Å². The number of halogens is 2. The number of aliphatic hydroxyl groups is 1. The number of phenolic OH excluding ortho intramolecular Hbond substituents is 1. The van der Waals surface area contributed by atoms with Crippen LogP contribution in [0.1, 0.15) is 35.2 Å². The van der Waals surface area contributed by atoms with Gasteiger partial charge < -0.3 is 31.5 Å². The summed E-state index contributed by atoms with van der Waals surface area (Å²) in [6.45, 7) is -0.338. The SMILES string of the molecule is CN(C)c1cc(NC(=O)CNC2CC(F)(F)C2)c(O)c2c1C[C@H]1C[C@H]3[C@H](N(C)C)C(=O)C(C(N)=O)C(=O)[C@@]3(O)C(=O)C1C2=O. The molecule has 0 aromatic heterocycles. The Morgan fingerprint density at radius 2 is 1.73 bits per heavy atom. The average molecular weight is 620 g/mol. The van der Waals surface area contributed by atoms with Crippen molar-refractivity contribution >= 4 is 46.3 Å². The van der Waals surface area contributed by atoms with Crippen LogP contribution in [-0.2, 0) is 30.4 Å². The maximum atomic E-state index is 14.0. The number of phenols is 1. The Balaban J connectivity index is 1.51. The lowest BCUT2D eigenvalue weighted by molar-refractivity contribution is -0.181. The highest BCUT2D eigenvalue weighted by atomic mass is 19.3. The molecule has 0 saturated heterocycles. The van der Waals surface area contributed by atoms with E-state index in [2.05, 4.69) is 10.6 Å². The molecule has 44 heavy (non-hydrogen) atoms. The summed E-state index contributed by atoms with van der Waals surface area (Å²) in [7, 11) is 6.35. The molecule has 4 aliphatic rings. The Morgan fingerprint density at radius 1 is 1.09 bits per heavy atom. The van der Waals surface area contributed by atoms with Gasteiger partial charge in [0.15, 0.2) is 34.7 Å². The maximum Gasteiger partial charge on any atom is 0.251 e. The summed E-state index contributed by atoms with van der Waals surface area (Å²) >= 11 is 0. The van der Waals surface area contributed by atoms with E-state index in [1.165, 1.54) is 25.1 Å². The Kier molecular flexibility index (Phi) is 7.66. The predicted molar refractivity (Wildman–Crippen MR) is 150 cm³/mol. The quantitative estimate of drug-likeness (QED) is 0.190. The van der Waals surface area contributed by atoms with Gasteiger partial charge in [-0.1, -0.05) is 0 Å². The second-order valence-electron chi connectivity index (χ2n) is 12.7. The van der Waals surface area contributed by atoms with Crippen molar-refractivity contribution in [2.75, 3.05) is 45.0 Å². The van der Waals surface area contributed by atoms with Crippen LogP contribution in [-0.4, -0.2) is 108 Å². The number of carbonyl (C=O) groups is 6. The molecule has 6 N–H and O–H groups in total. The van der Waals surface area contributed by atoms with E-state index in [1.54, 1.807) is 19.0 Å². The van der Waals surface area contributed by atoms with E-state index in [1.807, 2.05) is 0 Å². The van der Waals surface area contributed by atoms with E-state index in [-0.39, 0.29) is 30.6 Å². The Hall–Kier alpha value is -3.82. The molecule has 1 aromatic carbocycles. The fourth-order valence-electron chi connectivity index (χ4n) is 7.38. The average Bonchev–Trinajstić information content (AvgIpc) is 2.89. The molecule has 15 heteroatoms. The topological polar surface area (TPSA) is 199 Å². The van der Waals surface area contributed by atoms with Crippen molar-refractivity contribution in [2.45, 2.75) is 49.3 Å². The molecule has 0 aliphatic heterocycles. The van der Waals surface area contributed by atoms with Crippen LogP contribution in [0.3, 0.4) is 0 Å². The zero-order valence-corrected chi connectivity index (χ0v) is 24.6. The standard InChI is InChI=1S/C29H35F2N5O8/c1-35(2)16-7-15(34-17(37)10-33-12-8-28(30,31)9-12)22(38)19-13(16)5-11-6-14-21(36(3)4)24(40)20(27(32)43)26(42)29(14,44)25(41)18(11)23(19)39/h7,11-12,14,18,20-21,33,38,44H,5-6,8-10H2,1-4H3,(H2,32,43)(H,34,37)/t11-,14-,18?,20?,21-,29-/m0/s1. The van der Waals surface area contributed by atoms with E-state index in [9.17, 15) is 47.8 Å². The number of anilines is 2. The van der Waals surface area contributed by atoms with Crippen molar-refractivity contribution in [1.29, 1.82) is 0 Å². The van der Waals surface area contributed by atoms with Gasteiger partial charge in [0.25, 0.3) is 5.92 Å². The Bertz CT molecular complexity index is 1490. The van der Waals surface area contributed by atoms with Gasteiger partial charge in [-0.05, 0) is 44.5 Å². The fraction of sp³-hybridized carbons (Fsp3) is 0.586. The van der Waals surface area contributed by atoms with Crippen LogP contribution in [0.25, 0.3) is 0 Å². The zero-order chi connectivity index (χ0) is 32.6. The lowest BCUT2D eigenvalue weighted by atomic mass is 9.52. The number of likely N-dealkylation sites (N-methyl/N-ethyl adjacent to an activating group) is 1. The normalized spacial score (nSPS) is 31.1. The minimum absolute atomic E-state index is 0.0542. The molecule has 13 nitrogen and oxygen atoms in total. The molecule has 0 bridgehead atoms. The number of primary amides is 1. The van der Waals surface area contributed by atoms with E-state index < -0.39 is 101 Å². The Labute approximate surface area is 251 Å². The monoisotopic (exact) mass is 619 g/mol. The van der Waals surface area contributed by atoms with E-state index in [4.69, 9.17) is 5.73 Å². The highest BCUT2D eigenvalue weighted by Gasteiger charge is 2.69. The van der Waals surface area contributed by atoms with Crippen LogP contribution in [0.15, 0.2) is 6.07 Å². The van der Waals surface area contributed by atoms with Crippen molar-refractivity contribution in [3.8, 4) is 5.75 Å². The summed E-state index contributed by atoms with van der Waals surface area (Å²) in [5.41, 5.74) is 2.86. The predicted octanol–water partition coefficient (Wildman–Crippen LogP) is -0.741. The van der Waals surface area contributed by atoms with Crippen molar-refractivity contribution in [3.05, 3.63) is 17.2 Å². The van der Waals surface area contributed by atoms with Crippen LogP contribution in [0.4, 0.5) is 20.2 Å². The van der Waals surface area contributed by atoms with Gasteiger partial charge in [0.2, 0.25) is 11.8 Å². The largest absolute Gasteiger partial charge is 0.505 e. The Morgan fingerprint density at radius 3 is 2.27 bits per heavy atom. The van der Waals surface area contributed by atoms with Crippen LogP contribution in [0.5, 0.6) is 5.75 Å². The number of carbonyl (C=O) groups excluding carboxylic acids is 6. The first-order chi connectivity index (χ1) is 20.4. The molecule has 5 rings (SSSR count). The first-order valence-corrected chi connectivity index (χ1v) is 14.2. The van der Waals surface area contributed by atoms with Gasteiger partial charge in [-0.25, -0.2) is 8.78 Å². The number of Topliss-reactive ketones (excluding diaryl/α,β-unsaturated/α-hetero) is 4. The van der Waals surface area contributed by atoms with Gasteiger partial charge >= 0.3 is 0 Å². The molecule has 4 aliphatic carbocycles. The second-order valence-corrected chi connectivity index (χ2v) is 12.7. The molecule has 1 aromatic rings. The third kappa shape index (κ3) is 4.77. The number of hydrogen-bond donors (Lipinski definition) is 5. The van der Waals surface area contributed by atoms with Crippen LogP contribution >= 0.6 is 0 Å². The molecular weight excluding hydrogens is 584 g/mol. The van der Waals surface area contributed by atoms with Crippen LogP contribution < -0.4 is 21.3 Å². The van der Waals surface area contributed by atoms with E-state index in [0.29, 0.717) is 11.3 Å². The van der Waals surface area contributed by atoms with Gasteiger partial charge in [-0.15, -0.1) is 0 Å². The maximum absolute atomic E-state index is 14.0. The van der Waals surface area contributed by atoms with Gasteiger partial charge in [0.05, 0.1) is 29.8 Å². The summed E-state index contributed by atoms with van der Waals surface area (Å²) in [6, 6.07) is -0.309. The lowest BCUT2D eigenvalue weighted by Gasteiger charge is -2.52. The number of nitrogens with zero attached hydrogens (tertiary/aromatic N) is 2. The summed E-state index contributed by atoms with van der Waals surface area (Å²) in [5.74, 6) is -15.3. The number of hydrogen-bond acceptors (Lipinski definition) is 11. The molecule has 0 heterocycles. The molecule has 0 radical (unpaired) electrons. The smallest absolute Gasteiger partial charge is 0.251 e. The molecular formula is C29H35F2N5O8. The third-order valence-corrected chi connectivity index (χ3v) is 9.44. The van der Waals surface area contributed by atoms with Crippen LogP contribution in [0.2, 0.25) is 0 Å². The zero-order valence-electron chi connectivity index (χ0n) is 24.6. The molecule has 3 fully saturated rings. The van der Waals surface area contributed by atoms with Crippen molar-refractivity contribution in [3.63, 3.8) is 0 Å². The van der Waals surface area contributed by atoms with Crippen molar-refractivity contribution in [2.24, 2.45) is 29.4 Å². The second kappa shape index (κ2) is 10.7. The number of alkyl halides is 2. The number of rotatable bonds is 7. The molecule has 2 amide bonds. The minimum Gasteiger partial charge on any atom is -0.505 e. The highest BCUT2D eigenvalue weighted by Crippen LogP contribution is 2.52. The lowest BCUT2D eigenvalue weighted by Crippen LogP contribution is -2.74. The van der Waals surface area contributed by atoms with E-state index in [0.717, 1.165) is 0 Å². The number of benzene rings is 1. The molecule has 238 valence electrons. The van der Waals surface area contributed by atoms with Crippen molar-refractivity contribution < 1.29 is 47.8 Å². The van der Waals surface area contributed by atoms with Crippen molar-refractivity contribution in [1.82, 2.24) is 10.2 Å². The number of nitrogens with two attached hydrogens (primary N) is 1.